The van der Waals surface area contributed by atoms with Crippen LogP contribution in [0.15, 0.2) is 0 Å². The number of hydrogen-bond donors (Lipinski definition) is 1. The summed E-state index contributed by atoms with van der Waals surface area (Å²) in [6.45, 7) is 1.29. The third-order valence-corrected chi connectivity index (χ3v) is 5.16. The average molecular weight is 191 g/mol. The zero-order valence-electron chi connectivity index (χ0n) is 7.04. The first-order valence-electron chi connectivity index (χ1n) is 3.90. The first-order chi connectivity index (χ1) is 5.44. The van der Waals surface area contributed by atoms with Crippen LogP contribution in [0.4, 0.5) is 0 Å². The average Bonchev–Trinajstić information content (AvgIpc) is 2.26. The van der Waals surface area contributed by atoms with Gasteiger partial charge in [-0.25, -0.2) is 8.42 Å². The predicted molar refractivity (Wildman–Crippen MR) is 45.5 cm³/mol. The first kappa shape index (κ1) is 9.67. The molecule has 1 aliphatic rings. The second-order valence-corrected chi connectivity index (χ2v) is 5.82. The number of rotatable bonds is 2. The molecule has 0 aromatic heterocycles. The van der Waals surface area contributed by atoms with Crippen LogP contribution in [0.3, 0.4) is 0 Å². The van der Waals surface area contributed by atoms with Crippen molar-refractivity contribution < 1.29 is 13.2 Å². The van der Waals surface area contributed by atoms with Crippen LogP contribution < -0.4 is 5.73 Å². The molecule has 0 aromatic carbocycles. The third-order valence-electron chi connectivity index (χ3n) is 2.53. The Morgan fingerprint density at radius 1 is 1.58 bits per heavy atom. The molecule has 70 valence electrons. The second kappa shape index (κ2) is 2.81. The van der Waals surface area contributed by atoms with E-state index in [1.54, 1.807) is 0 Å². The molecule has 12 heavy (non-hydrogen) atoms. The Hall–Kier alpha value is -0.420. The summed E-state index contributed by atoms with van der Waals surface area (Å²) in [5, 5.41) is 0. The van der Waals surface area contributed by atoms with Crippen LogP contribution in [0.25, 0.3) is 0 Å². The number of Topliss-reactive ketones (excluding diaryl/α,β-unsaturated/α-hetero) is 1. The van der Waals surface area contributed by atoms with E-state index >= 15 is 0 Å². The van der Waals surface area contributed by atoms with Gasteiger partial charge in [-0.1, -0.05) is 0 Å². The van der Waals surface area contributed by atoms with Crippen molar-refractivity contribution in [3.8, 4) is 0 Å². The minimum absolute atomic E-state index is 0.120. The van der Waals surface area contributed by atoms with E-state index in [0.29, 0.717) is 12.8 Å². The topological polar surface area (TPSA) is 77.2 Å². The molecule has 2 N–H and O–H groups in total. The Kier molecular flexibility index (Phi) is 2.27. The molecule has 1 heterocycles. The molecule has 0 bridgehead atoms. The van der Waals surface area contributed by atoms with E-state index in [1.807, 2.05) is 0 Å². The molecule has 5 heteroatoms. The highest BCUT2D eigenvalue weighted by Gasteiger charge is 2.48. The lowest BCUT2D eigenvalue weighted by Gasteiger charge is -2.19. The first-order valence-corrected chi connectivity index (χ1v) is 5.55. The third kappa shape index (κ3) is 1.17. The van der Waals surface area contributed by atoms with E-state index in [9.17, 15) is 13.2 Å². The van der Waals surface area contributed by atoms with Crippen molar-refractivity contribution in [3.63, 3.8) is 0 Å². The van der Waals surface area contributed by atoms with E-state index < -0.39 is 14.6 Å². The summed E-state index contributed by atoms with van der Waals surface area (Å²) >= 11 is 0. The van der Waals surface area contributed by atoms with Crippen molar-refractivity contribution >= 4 is 15.6 Å². The van der Waals surface area contributed by atoms with Crippen molar-refractivity contribution in [2.45, 2.75) is 24.5 Å². The molecule has 1 aliphatic heterocycles. The summed E-state index contributed by atoms with van der Waals surface area (Å²) in [5.41, 5.74) is 5.14. The molecule has 1 unspecified atom stereocenters. The zero-order chi connectivity index (χ0) is 9.41. The molecule has 1 rings (SSSR count). The van der Waals surface area contributed by atoms with Gasteiger partial charge in [-0.3, -0.25) is 4.79 Å². The van der Waals surface area contributed by atoms with Crippen LogP contribution in [0.1, 0.15) is 19.8 Å². The van der Waals surface area contributed by atoms with Gasteiger partial charge in [0, 0.05) is 0 Å². The Morgan fingerprint density at radius 2 is 2.17 bits per heavy atom. The van der Waals surface area contributed by atoms with E-state index in [1.165, 1.54) is 6.92 Å². The van der Waals surface area contributed by atoms with Crippen LogP contribution in [-0.2, 0) is 14.6 Å². The van der Waals surface area contributed by atoms with Crippen LogP contribution in [0.5, 0.6) is 0 Å². The standard InChI is InChI=1S/C7H13NO3S/c1-7(6(9)5-8)3-2-4-12(7,10)11/h2-5,8H2,1H3. The molecule has 1 atom stereocenters. The smallest absolute Gasteiger partial charge is 0.167 e. The van der Waals surface area contributed by atoms with Crippen molar-refractivity contribution in [1.82, 2.24) is 0 Å². The van der Waals surface area contributed by atoms with Gasteiger partial charge in [-0.15, -0.1) is 0 Å². The Labute approximate surface area is 72.0 Å². The largest absolute Gasteiger partial charge is 0.324 e. The molecule has 0 aliphatic carbocycles. The molecular weight excluding hydrogens is 178 g/mol. The monoisotopic (exact) mass is 191 g/mol. The van der Waals surface area contributed by atoms with Gasteiger partial charge in [-0.2, -0.15) is 0 Å². The lowest BCUT2D eigenvalue weighted by Crippen LogP contribution is -2.43. The minimum Gasteiger partial charge on any atom is -0.324 e. The number of carbonyl (C=O) groups excluding carboxylic acids is 1. The summed E-state index contributed by atoms with van der Waals surface area (Å²) in [7, 11) is -3.23. The lowest BCUT2D eigenvalue weighted by atomic mass is 10.0. The summed E-state index contributed by atoms with van der Waals surface area (Å²) in [6, 6.07) is 0. The van der Waals surface area contributed by atoms with E-state index in [-0.39, 0.29) is 18.1 Å². The maximum absolute atomic E-state index is 11.4. The molecule has 1 fully saturated rings. The fourth-order valence-electron chi connectivity index (χ4n) is 1.51. The van der Waals surface area contributed by atoms with Crippen molar-refractivity contribution in [2.75, 3.05) is 12.3 Å². The van der Waals surface area contributed by atoms with Crippen molar-refractivity contribution in [3.05, 3.63) is 0 Å². The SMILES string of the molecule is CC1(C(=O)CN)CCCS1(=O)=O. The van der Waals surface area contributed by atoms with Gasteiger partial charge >= 0.3 is 0 Å². The summed E-state index contributed by atoms with van der Waals surface area (Å²) < 4.78 is 21.6. The maximum atomic E-state index is 11.4. The van der Waals surface area contributed by atoms with Gasteiger partial charge < -0.3 is 5.73 Å². The summed E-state index contributed by atoms with van der Waals surface area (Å²) in [6.07, 6.45) is 0.996. The Balaban J connectivity index is 3.07. The van der Waals surface area contributed by atoms with Gasteiger partial charge in [-0.05, 0) is 19.8 Å². The van der Waals surface area contributed by atoms with Gasteiger partial charge in [0.2, 0.25) is 0 Å². The van der Waals surface area contributed by atoms with Crippen molar-refractivity contribution in [2.24, 2.45) is 5.73 Å². The molecule has 0 amide bonds. The lowest BCUT2D eigenvalue weighted by molar-refractivity contribution is -0.119. The molecule has 0 spiro atoms. The van der Waals surface area contributed by atoms with Crippen LogP contribution in [0, 0.1) is 0 Å². The van der Waals surface area contributed by atoms with Crippen LogP contribution >= 0.6 is 0 Å². The second-order valence-electron chi connectivity index (χ2n) is 3.28. The van der Waals surface area contributed by atoms with E-state index in [2.05, 4.69) is 0 Å². The van der Waals surface area contributed by atoms with Gasteiger partial charge in [0.15, 0.2) is 15.6 Å². The highest BCUT2D eigenvalue weighted by Crippen LogP contribution is 2.32. The normalized spacial score (nSPS) is 33.5. The summed E-state index contributed by atoms with van der Waals surface area (Å²) in [4.78, 5) is 11.2. The molecule has 1 saturated heterocycles. The number of carbonyl (C=O) groups is 1. The molecule has 4 nitrogen and oxygen atoms in total. The van der Waals surface area contributed by atoms with Crippen molar-refractivity contribution in [1.29, 1.82) is 0 Å². The molecule has 0 aromatic rings. The fraction of sp³-hybridized carbons (Fsp3) is 0.857. The number of nitrogens with two attached hydrogens (primary N) is 1. The fourth-order valence-corrected chi connectivity index (χ4v) is 3.37. The number of hydrogen-bond acceptors (Lipinski definition) is 4. The number of ketones is 1. The van der Waals surface area contributed by atoms with Crippen LogP contribution in [0.2, 0.25) is 0 Å². The van der Waals surface area contributed by atoms with E-state index in [4.69, 9.17) is 5.73 Å². The predicted octanol–water partition coefficient (Wildman–Crippen LogP) is -0.518. The van der Waals surface area contributed by atoms with Crippen LogP contribution in [-0.4, -0.2) is 31.2 Å². The quantitative estimate of drug-likeness (QED) is 0.637. The highest BCUT2D eigenvalue weighted by molar-refractivity contribution is 7.93. The molecular formula is C7H13NO3S. The van der Waals surface area contributed by atoms with Gasteiger partial charge in [0.25, 0.3) is 0 Å². The molecule has 0 radical (unpaired) electrons. The highest BCUT2D eigenvalue weighted by atomic mass is 32.2. The Morgan fingerprint density at radius 3 is 2.50 bits per heavy atom. The summed E-state index contributed by atoms with van der Waals surface area (Å²) in [5.74, 6) is -0.241. The number of sulfone groups is 1. The van der Waals surface area contributed by atoms with Gasteiger partial charge in [0.05, 0.1) is 12.3 Å². The minimum atomic E-state index is -3.23. The zero-order valence-corrected chi connectivity index (χ0v) is 7.86. The molecule has 0 saturated carbocycles. The maximum Gasteiger partial charge on any atom is 0.167 e. The Bertz CT molecular complexity index is 296. The van der Waals surface area contributed by atoms with Gasteiger partial charge in [0.1, 0.15) is 4.75 Å². The van der Waals surface area contributed by atoms with E-state index in [0.717, 1.165) is 0 Å².